The van der Waals surface area contributed by atoms with Gasteiger partial charge in [0.05, 0.1) is 6.16 Å². The first-order valence-corrected chi connectivity index (χ1v) is 21.7. The smallest absolute Gasteiger partial charge is 0.157 e. The Labute approximate surface area is 313 Å². The Morgan fingerprint density at radius 1 is 0.469 bits per heavy atom. The van der Waals surface area contributed by atoms with Crippen LogP contribution in [0.15, 0.2) is 103 Å². The standard InChI is InChI=1S/C45H68O2P.BrH/c1-3-5-7-9-16-29-39-46-45(47-40-30-17-10-8-6-4-2)38-28-15-13-11-12-14-18-31-41-48(42-32-22-19-23-33-42,43-34-24-20-25-35-43)44-36-26-21-27-37-44;/h12,14,19-27,32-37,45H,3-11,13,15-18,28-31,38-41H2,1-2H3;1H/q+1;/p-1. The summed E-state index contributed by atoms with van der Waals surface area (Å²) in [4.78, 5) is 0. The predicted octanol–water partition coefficient (Wildman–Crippen LogP) is 9.35. The van der Waals surface area contributed by atoms with E-state index in [4.69, 9.17) is 9.47 Å². The fourth-order valence-corrected chi connectivity index (χ4v) is 11.1. The molecule has 0 heterocycles. The SMILES string of the molecule is CCCCCCCCOC(CCCCCC=CCCC[P+](c1ccccc1)(c1ccccc1)c1ccccc1)OCCCCCCCC.[Br-]. The second-order valence-corrected chi connectivity index (χ2v) is 17.1. The highest BCUT2D eigenvalue weighted by Gasteiger charge is 2.44. The van der Waals surface area contributed by atoms with Crippen LogP contribution >= 0.6 is 7.26 Å². The molecule has 3 aromatic carbocycles. The first-order chi connectivity index (χ1) is 23.8. The van der Waals surface area contributed by atoms with E-state index in [0.717, 1.165) is 45.3 Å². The van der Waals surface area contributed by atoms with Gasteiger partial charge in [-0.25, -0.2) is 0 Å². The van der Waals surface area contributed by atoms with E-state index < -0.39 is 7.26 Å². The molecule has 0 N–H and O–H groups in total. The summed E-state index contributed by atoms with van der Waals surface area (Å²) in [5.41, 5.74) is 0. The van der Waals surface area contributed by atoms with Crippen LogP contribution in [0.4, 0.5) is 0 Å². The highest BCUT2D eigenvalue weighted by atomic mass is 79.9. The number of rotatable bonds is 29. The molecule has 3 aromatic rings. The summed E-state index contributed by atoms with van der Waals surface area (Å²) in [6, 6.07) is 33.8. The Bertz CT molecular complexity index is 1060. The van der Waals surface area contributed by atoms with Gasteiger partial charge in [-0.15, -0.1) is 0 Å². The van der Waals surface area contributed by atoms with E-state index >= 15 is 0 Å². The van der Waals surface area contributed by atoms with Crippen LogP contribution in [-0.2, 0) is 9.47 Å². The fourth-order valence-electron chi connectivity index (χ4n) is 6.72. The lowest BCUT2D eigenvalue weighted by atomic mass is 10.1. The predicted molar refractivity (Wildman–Crippen MR) is 214 cm³/mol. The molecule has 0 bridgehead atoms. The zero-order valence-electron chi connectivity index (χ0n) is 31.1. The molecule has 0 radical (unpaired) electrons. The maximum absolute atomic E-state index is 6.26. The van der Waals surface area contributed by atoms with Crippen molar-refractivity contribution in [2.75, 3.05) is 19.4 Å². The Morgan fingerprint density at radius 3 is 1.31 bits per heavy atom. The summed E-state index contributed by atoms with van der Waals surface area (Å²) in [6.45, 7) is 6.25. The molecule has 0 saturated carbocycles. The third-order valence-corrected chi connectivity index (χ3v) is 14.1. The minimum atomic E-state index is -1.73. The molecule has 2 nitrogen and oxygen atoms in total. The molecule has 0 spiro atoms. The fraction of sp³-hybridized carbons (Fsp3) is 0.556. The number of hydrogen-bond acceptors (Lipinski definition) is 2. The maximum atomic E-state index is 6.26. The lowest BCUT2D eigenvalue weighted by Crippen LogP contribution is -3.00. The molecule has 0 aromatic heterocycles. The normalized spacial score (nSPS) is 11.7. The molecule has 49 heavy (non-hydrogen) atoms. The van der Waals surface area contributed by atoms with Gasteiger partial charge in [-0.05, 0) is 87.8 Å². The van der Waals surface area contributed by atoms with Crippen LogP contribution in [0.3, 0.4) is 0 Å². The molecule has 0 saturated heterocycles. The highest BCUT2D eigenvalue weighted by molar-refractivity contribution is 7.95. The second kappa shape index (κ2) is 28.9. The van der Waals surface area contributed by atoms with Crippen LogP contribution in [0.1, 0.15) is 136 Å². The van der Waals surface area contributed by atoms with Crippen molar-refractivity contribution in [3.63, 3.8) is 0 Å². The van der Waals surface area contributed by atoms with Crippen LogP contribution in [0.25, 0.3) is 0 Å². The van der Waals surface area contributed by atoms with E-state index in [1.807, 2.05) is 0 Å². The summed E-state index contributed by atoms with van der Waals surface area (Å²) in [5, 5.41) is 4.45. The summed E-state index contributed by atoms with van der Waals surface area (Å²) in [5.74, 6) is 0. The molecule has 4 heteroatoms. The number of benzene rings is 3. The van der Waals surface area contributed by atoms with Crippen LogP contribution in [0, 0.1) is 0 Å². The summed E-state index contributed by atoms with van der Waals surface area (Å²) in [7, 11) is -1.73. The third-order valence-electron chi connectivity index (χ3n) is 9.54. The zero-order chi connectivity index (χ0) is 33.8. The minimum absolute atomic E-state index is 0. The first-order valence-electron chi connectivity index (χ1n) is 19.7. The van der Waals surface area contributed by atoms with Crippen molar-refractivity contribution in [2.45, 2.75) is 142 Å². The number of hydrogen-bond donors (Lipinski definition) is 0. The van der Waals surface area contributed by atoms with Crippen molar-refractivity contribution < 1.29 is 26.5 Å². The Kier molecular flexibility index (Phi) is 25.6. The Morgan fingerprint density at radius 2 is 0.857 bits per heavy atom. The summed E-state index contributed by atoms with van der Waals surface area (Å²) < 4.78 is 12.5. The minimum Gasteiger partial charge on any atom is -1.00 e. The van der Waals surface area contributed by atoms with Gasteiger partial charge in [-0.3, -0.25) is 0 Å². The molecule has 0 atom stereocenters. The van der Waals surface area contributed by atoms with Crippen molar-refractivity contribution in [1.82, 2.24) is 0 Å². The molecular weight excluding hydrogens is 683 g/mol. The van der Waals surface area contributed by atoms with Gasteiger partial charge < -0.3 is 26.5 Å². The van der Waals surface area contributed by atoms with E-state index in [1.165, 1.54) is 112 Å². The van der Waals surface area contributed by atoms with Gasteiger partial charge in [-0.1, -0.05) is 151 Å². The number of halogens is 1. The van der Waals surface area contributed by atoms with E-state index in [-0.39, 0.29) is 23.3 Å². The van der Waals surface area contributed by atoms with E-state index in [0.29, 0.717) is 0 Å². The lowest BCUT2D eigenvalue weighted by molar-refractivity contribution is -0.148. The Balaban J connectivity index is 0.00000833. The average Bonchev–Trinajstić information content (AvgIpc) is 3.14. The van der Waals surface area contributed by atoms with Crippen molar-refractivity contribution in [3.8, 4) is 0 Å². The zero-order valence-corrected chi connectivity index (χ0v) is 33.6. The Hall–Kier alpha value is -1.77. The second-order valence-electron chi connectivity index (χ2n) is 13.5. The van der Waals surface area contributed by atoms with Crippen molar-refractivity contribution in [3.05, 3.63) is 103 Å². The number of allylic oxidation sites excluding steroid dienone is 2. The number of unbranched alkanes of at least 4 members (excludes halogenated alkanes) is 14. The topological polar surface area (TPSA) is 18.5 Å². The molecule has 0 aliphatic heterocycles. The van der Waals surface area contributed by atoms with E-state index in [9.17, 15) is 0 Å². The van der Waals surface area contributed by atoms with Gasteiger partial charge in [0.2, 0.25) is 0 Å². The van der Waals surface area contributed by atoms with Crippen LogP contribution in [0.2, 0.25) is 0 Å². The van der Waals surface area contributed by atoms with Gasteiger partial charge in [0.1, 0.15) is 23.2 Å². The molecule has 272 valence electrons. The molecule has 0 amide bonds. The van der Waals surface area contributed by atoms with Gasteiger partial charge >= 0.3 is 0 Å². The van der Waals surface area contributed by atoms with Gasteiger partial charge in [0, 0.05) is 13.2 Å². The van der Waals surface area contributed by atoms with Crippen molar-refractivity contribution in [1.29, 1.82) is 0 Å². The van der Waals surface area contributed by atoms with Crippen LogP contribution < -0.4 is 32.9 Å². The van der Waals surface area contributed by atoms with Crippen LogP contribution in [-0.4, -0.2) is 25.7 Å². The molecule has 0 aliphatic carbocycles. The van der Waals surface area contributed by atoms with Crippen LogP contribution in [0.5, 0.6) is 0 Å². The quantitative estimate of drug-likeness (QED) is 0.0305. The highest BCUT2D eigenvalue weighted by Crippen LogP contribution is 2.55. The van der Waals surface area contributed by atoms with Crippen molar-refractivity contribution >= 4 is 23.2 Å². The van der Waals surface area contributed by atoms with Gasteiger partial charge in [0.25, 0.3) is 0 Å². The molecule has 3 rings (SSSR count). The van der Waals surface area contributed by atoms with E-state index in [2.05, 4.69) is 117 Å². The number of ether oxygens (including phenoxy) is 2. The molecule has 0 unspecified atom stereocenters. The first kappa shape index (κ1) is 43.4. The van der Waals surface area contributed by atoms with Gasteiger partial charge in [-0.2, -0.15) is 0 Å². The average molecular weight is 752 g/mol. The lowest BCUT2D eigenvalue weighted by Gasteiger charge is -2.27. The largest absolute Gasteiger partial charge is 1.00 e. The monoisotopic (exact) mass is 750 g/mol. The third kappa shape index (κ3) is 17.3. The van der Waals surface area contributed by atoms with E-state index in [1.54, 1.807) is 0 Å². The summed E-state index contributed by atoms with van der Waals surface area (Å²) >= 11 is 0. The summed E-state index contributed by atoms with van der Waals surface area (Å²) in [6.07, 6.45) is 29.8. The maximum Gasteiger partial charge on any atom is 0.157 e. The van der Waals surface area contributed by atoms with Gasteiger partial charge in [0.15, 0.2) is 6.29 Å². The molecule has 0 fully saturated rings. The van der Waals surface area contributed by atoms with Crippen molar-refractivity contribution in [2.24, 2.45) is 0 Å². The molecular formula is C45H68BrO2P. The molecule has 0 aliphatic rings.